The Bertz CT molecular complexity index is 736. The normalized spacial score (nSPS) is 16.9. The predicted octanol–water partition coefficient (Wildman–Crippen LogP) is 2.14. The molecular formula is C16H13N3O2. The number of anilines is 1. The van der Waals surface area contributed by atoms with E-state index in [0.29, 0.717) is 17.9 Å². The molecule has 21 heavy (non-hydrogen) atoms. The molecule has 1 N–H and O–H groups in total. The molecular weight excluding hydrogens is 266 g/mol. The van der Waals surface area contributed by atoms with Crippen molar-refractivity contribution in [2.24, 2.45) is 0 Å². The number of carbonyl (C=O) groups is 1. The van der Waals surface area contributed by atoms with Crippen LogP contribution in [0, 0.1) is 11.3 Å². The van der Waals surface area contributed by atoms with Gasteiger partial charge in [-0.2, -0.15) is 5.26 Å². The van der Waals surface area contributed by atoms with E-state index in [2.05, 4.69) is 11.1 Å². The molecule has 104 valence electrons. The van der Waals surface area contributed by atoms with E-state index >= 15 is 0 Å². The zero-order chi connectivity index (χ0) is 14.8. The van der Waals surface area contributed by atoms with Crippen LogP contribution in [0.5, 0.6) is 0 Å². The molecule has 0 saturated carbocycles. The highest BCUT2D eigenvalue weighted by Crippen LogP contribution is 2.33. The van der Waals surface area contributed by atoms with Gasteiger partial charge in [-0.15, -0.1) is 0 Å². The SMILES string of the molecule is N#Cc1ccnc(N2CCc3ccccc3C2C(=O)O)c1. The van der Waals surface area contributed by atoms with Crippen molar-refractivity contribution in [2.45, 2.75) is 12.5 Å². The molecule has 1 aliphatic heterocycles. The first-order valence-corrected chi connectivity index (χ1v) is 6.64. The van der Waals surface area contributed by atoms with Crippen molar-refractivity contribution in [3.8, 4) is 6.07 Å². The largest absolute Gasteiger partial charge is 0.479 e. The Morgan fingerprint density at radius 2 is 2.19 bits per heavy atom. The first-order chi connectivity index (χ1) is 10.2. The third-order valence-corrected chi connectivity index (χ3v) is 3.69. The molecule has 3 rings (SSSR count). The second-order valence-corrected chi connectivity index (χ2v) is 4.90. The van der Waals surface area contributed by atoms with Crippen LogP contribution in [-0.4, -0.2) is 22.6 Å². The average Bonchev–Trinajstić information content (AvgIpc) is 2.53. The van der Waals surface area contributed by atoms with Crippen LogP contribution in [-0.2, 0) is 11.2 Å². The van der Waals surface area contributed by atoms with Gasteiger partial charge in [0.25, 0.3) is 0 Å². The van der Waals surface area contributed by atoms with Gasteiger partial charge in [-0.05, 0) is 29.7 Å². The van der Waals surface area contributed by atoms with Crippen LogP contribution >= 0.6 is 0 Å². The topological polar surface area (TPSA) is 77.2 Å². The Hall–Kier alpha value is -2.87. The van der Waals surface area contributed by atoms with E-state index in [1.54, 1.807) is 17.0 Å². The highest BCUT2D eigenvalue weighted by Gasteiger charge is 2.33. The van der Waals surface area contributed by atoms with Gasteiger partial charge < -0.3 is 10.0 Å². The Morgan fingerprint density at radius 1 is 1.38 bits per heavy atom. The molecule has 0 amide bonds. The van der Waals surface area contributed by atoms with Gasteiger partial charge in [0.2, 0.25) is 0 Å². The minimum absolute atomic E-state index is 0.475. The number of rotatable bonds is 2. The highest BCUT2D eigenvalue weighted by atomic mass is 16.4. The van der Waals surface area contributed by atoms with Crippen LogP contribution in [0.2, 0.25) is 0 Å². The van der Waals surface area contributed by atoms with Crippen molar-refractivity contribution < 1.29 is 9.90 Å². The molecule has 5 heteroatoms. The first-order valence-electron chi connectivity index (χ1n) is 6.64. The lowest BCUT2D eigenvalue weighted by Gasteiger charge is -2.35. The maximum Gasteiger partial charge on any atom is 0.331 e. The number of nitriles is 1. The van der Waals surface area contributed by atoms with Crippen LogP contribution in [0.1, 0.15) is 22.7 Å². The van der Waals surface area contributed by atoms with Gasteiger partial charge in [-0.3, -0.25) is 0 Å². The summed E-state index contributed by atoms with van der Waals surface area (Å²) >= 11 is 0. The van der Waals surface area contributed by atoms with Gasteiger partial charge in [0, 0.05) is 12.7 Å². The van der Waals surface area contributed by atoms with Crippen molar-refractivity contribution in [3.05, 3.63) is 59.3 Å². The fourth-order valence-electron chi connectivity index (χ4n) is 2.72. The number of aromatic nitrogens is 1. The fraction of sp³-hybridized carbons (Fsp3) is 0.188. The predicted molar refractivity (Wildman–Crippen MR) is 76.8 cm³/mol. The number of fused-ring (bicyclic) bond motifs is 1. The Labute approximate surface area is 122 Å². The number of benzene rings is 1. The van der Waals surface area contributed by atoms with Gasteiger partial charge in [-0.25, -0.2) is 9.78 Å². The fourth-order valence-corrected chi connectivity index (χ4v) is 2.72. The van der Waals surface area contributed by atoms with E-state index in [1.165, 1.54) is 6.20 Å². The number of nitrogens with zero attached hydrogens (tertiary/aromatic N) is 3. The molecule has 0 spiro atoms. The molecule has 2 heterocycles. The van der Waals surface area contributed by atoms with E-state index in [-0.39, 0.29) is 0 Å². The van der Waals surface area contributed by atoms with Gasteiger partial charge in [0.05, 0.1) is 11.6 Å². The zero-order valence-electron chi connectivity index (χ0n) is 11.2. The van der Waals surface area contributed by atoms with Crippen molar-refractivity contribution in [2.75, 3.05) is 11.4 Å². The van der Waals surface area contributed by atoms with E-state index in [9.17, 15) is 9.90 Å². The summed E-state index contributed by atoms with van der Waals surface area (Å²) in [5, 5.41) is 18.6. The minimum Gasteiger partial charge on any atom is -0.479 e. The van der Waals surface area contributed by atoms with Gasteiger partial charge >= 0.3 is 5.97 Å². The lowest BCUT2D eigenvalue weighted by molar-refractivity contribution is -0.138. The van der Waals surface area contributed by atoms with Crippen LogP contribution < -0.4 is 4.90 Å². The van der Waals surface area contributed by atoms with E-state index in [1.807, 2.05) is 24.3 Å². The second-order valence-electron chi connectivity index (χ2n) is 4.90. The number of carboxylic acids is 1. The maximum absolute atomic E-state index is 11.7. The molecule has 1 atom stereocenters. The van der Waals surface area contributed by atoms with Crippen molar-refractivity contribution in [1.29, 1.82) is 5.26 Å². The van der Waals surface area contributed by atoms with E-state index in [4.69, 9.17) is 5.26 Å². The molecule has 0 saturated heterocycles. The van der Waals surface area contributed by atoms with Gasteiger partial charge in [0.15, 0.2) is 6.04 Å². The van der Waals surface area contributed by atoms with Crippen molar-refractivity contribution >= 4 is 11.8 Å². The zero-order valence-corrected chi connectivity index (χ0v) is 11.2. The summed E-state index contributed by atoms with van der Waals surface area (Å²) in [5.41, 5.74) is 2.32. The standard InChI is InChI=1S/C16H13N3O2/c17-10-11-5-7-18-14(9-11)19-8-6-12-3-1-2-4-13(12)15(19)16(20)21/h1-5,7,9,15H,6,8H2,(H,20,21). The van der Waals surface area contributed by atoms with Crippen LogP contribution in [0.3, 0.4) is 0 Å². The smallest absolute Gasteiger partial charge is 0.331 e. The summed E-state index contributed by atoms with van der Waals surface area (Å²) in [4.78, 5) is 17.7. The Balaban J connectivity index is 2.07. The molecule has 1 unspecified atom stereocenters. The monoisotopic (exact) mass is 279 g/mol. The van der Waals surface area contributed by atoms with Gasteiger partial charge in [-0.1, -0.05) is 24.3 Å². The van der Waals surface area contributed by atoms with E-state index < -0.39 is 12.0 Å². The number of carboxylic acid groups (broad SMARTS) is 1. The third kappa shape index (κ3) is 2.32. The molecule has 2 aromatic rings. The molecule has 1 aromatic heterocycles. The molecule has 1 aliphatic rings. The summed E-state index contributed by atoms with van der Waals surface area (Å²) < 4.78 is 0. The van der Waals surface area contributed by atoms with E-state index in [0.717, 1.165) is 17.5 Å². The van der Waals surface area contributed by atoms with Crippen molar-refractivity contribution in [1.82, 2.24) is 4.98 Å². The quantitative estimate of drug-likeness (QED) is 0.911. The Kier molecular flexibility index (Phi) is 3.28. The Morgan fingerprint density at radius 3 is 2.95 bits per heavy atom. The summed E-state index contributed by atoms with van der Waals surface area (Å²) in [6, 6.07) is 12.1. The van der Waals surface area contributed by atoms with Crippen LogP contribution in [0.25, 0.3) is 0 Å². The number of aliphatic carboxylic acids is 1. The summed E-state index contributed by atoms with van der Waals surface area (Å²) in [7, 11) is 0. The maximum atomic E-state index is 11.7. The second kappa shape index (κ2) is 5.25. The molecule has 0 fully saturated rings. The molecule has 5 nitrogen and oxygen atoms in total. The van der Waals surface area contributed by atoms with Gasteiger partial charge in [0.1, 0.15) is 5.82 Å². The third-order valence-electron chi connectivity index (χ3n) is 3.69. The lowest BCUT2D eigenvalue weighted by Crippen LogP contribution is -2.40. The lowest BCUT2D eigenvalue weighted by atomic mass is 9.92. The highest BCUT2D eigenvalue weighted by molar-refractivity contribution is 5.81. The van der Waals surface area contributed by atoms with Crippen molar-refractivity contribution in [3.63, 3.8) is 0 Å². The average molecular weight is 279 g/mol. The summed E-state index contributed by atoms with van der Waals surface area (Å²) in [5.74, 6) is -0.387. The minimum atomic E-state index is -0.911. The van der Waals surface area contributed by atoms with Crippen LogP contribution in [0.4, 0.5) is 5.82 Å². The number of pyridine rings is 1. The summed E-state index contributed by atoms with van der Waals surface area (Å²) in [6.07, 6.45) is 2.30. The molecule has 0 radical (unpaired) electrons. The number of hydrogen-bond acceptors (Lipinski definition) is 4. The summed E-state index contributed by atoms with van der Waals surface area (Å²) in [6.45, 7) is 0.565. The van der Waals surface area contributed by atoms with Crippen LogP contribution in [0.15, 0.2) is 42.6 Å². The molecule has 0 aliphatic carbocycles. The first kappa shape index (κ1) is 13.1. The number of hydrogen-bond donors (Lipinski definition) is 1. The molecule has 0 bridgehead atoms. The molecule has 1 aromatic carbocycles.